The van der Waals surface area contributed by atoms with E-state index < -0.39 is 33.9 Å². The number of halogens is 4. The quantitative estimate of drug-likeness (QED) is 0.283. The molecule has 0 aromatic heterocycles. The van der Waals surface area contributed by atoms with Crippen LogP contribution in [0.2, 0.25) is 0 Å². The Morgan fingerprint density at radius 1 is 1.12 bits per heavy atom. The Morgan fingerprint density at radius 3 is 2.12 bits per heavy atom. The molecule has 1 aromatic carbocycles. The van der Waals surface area contributed by atoms with Gasteiger partial charge in [0.1, 0.15) is 10.6 Å². The molecule has 0 saturated carbocycles. The standard InChI is InChI=1S/C9H10F4N2OS/c1-16-3-2-15-17-9-6(12)4(10)8(14)5(11)7(9)13/h15H,2-3,14H2,1H3. The number of rotatable bonds is 5. The topological polar surface area (TPSA) is 47.3 Å². The van der Waals surface area contributed by atoms with Crippen LogP contribution in [0, 0.1) is 23.3 Å². The molecule has 1 rings (SSSR count). The van der Waals surface area contributed by atoms with Crippen LogP contribution in [0.15, 0.2) is 4.90 Å². The van der Waals surface area contributed by atoms with Gasteiger partial charge in [0.25, 0.3) is 0 Å². The molecular formula is C9H10F4N2OS. The maximum absolute atomic E-state index is 13.3. The molecule has 0 amide bonds. The number of hydrogen-bond acceptors (Lipinski definition) is 4. The summed E-state index contributed by atoms with van der Waals surface area (Å²) in [6, 6.07) is 0. The highest BCUT2D eigenvalue weighted by atomic mass is 32.2. The van der Waals surface area contributed by atoms with E-state index in [9.17, 15) is 17.6 Å². The first-order valence-corrected chi connectivity index (χ1v) is 5.32. The Labute approximate surface area is 99.5 Å². The molecule has 8 heteroatoms. The number of methoxy groups -OCH3 is 1. The molecule has 3 nitrogen and oxygen atoms in total. The Balaban J connectivity index is 2.92. The minimum absolute atomic E-state index is 0.258. The number of hydrogen-bond donors (Lipinski definition) is 2. The summed E-state index contributed by atoms with van der Waals surface area (Å²) >= 11 is 0.435. The molecule has 0 saturated heterocycles. The summed E-state index contributed by atoms with van der Waals surface area (Å²) in [7, 11) is 1.44. The van der Waals surface area contributed by atoms with Crippen LogP contribution in [0.4, 0.5) is 23.2 Å². The molecule has 0 aliphatic rings. The number of nitrogens with one attached hydrogen (secondary N) is 1. The maximum atomic E-state index is 13.3. The normalized spacial score (nSPS) is 10.9. The lowest BCUT2D eigenvalue weighted by atomic mass is 10.2. The molecule has 0 bridgehead atoms. The highest BCUT2D eigenvalue weighted by Crippen LogP contribution is 2.31. The number of ether oxygens (including phenoxy) is 1. The van der Waals surface area contributed by atoms with E-state index in [-0.39, 0.29) is 13.2 Å². The second kappa shape index (κ2) is 6.08. The molecule has 0 radical (unpaired) electrons. The van der Waals surface area contributed by atoms with Gasteiger partial charge in [0.15, 0.2) is 23.3 Å². The van der Waals surface area contributed by atoms with Gasteiger partial charge in [0.2, 0.25) is 0 Å². The molecule has 0 atom stereocenters. The van der Waals surface area contributed by atoms with E-state index in [1.165, 1.54) is 7.11 Å². The molecule has 0 aliphatic heterocycles. The van der Waals surface area contributed by atoms with Crippen LogP contribution in [-0.4, -0.2) is 20.3 Å². The van der Waals surface area contributed by atoms with Gasteiger partial charge in [-0.05, 0) is 11.9 Å². The lowest BCUT2D eigenvalue weighted by Gasteiger charge is -2.09. The third kappa shape index (κ3) is 3.02. The fraction of sp³-hybridized carbons (Fsp3) is 0.333. The number of benzene rings is 1. The highest BCUT2D eigenvalue weighted by Gasteiger charge is 2.24. The van der Waals surface area contributed by atoms with Crippen LogP contribution in [-0.2, 0) is 4.74 Å². The molecule has 0 heterocycles. The minimum atomic E-state index is -1.60. The van der Waals surface area contributed by atoms with Gasteiger partial charge in [-0.15, -0.1) is 0 Å². The van der Waals surface area contributed by atoms with Gasteiger partial charge in [-0.2, -0.15) is 0 Å². The predicted molar refractivity (Wildman–Crippen MR) is 56.4 cm³/mol. The molecule has 3 N–H and O–H groups in total. The summed E-state index contributed by atoms with van der Waals surface area (Å²) in [4.78, 5) is -0.801. The van der Waals surface area contributed by atoms with Gasteiger partial charge in [-0.1, -0.05) is 0 Å². The van der Waals surface area contributed by atoms with Crippen molar-refractivity contribution in [1.29, 1.82) is 0 Å². The van der Waals surface area contributed by atoms with Gasteiger partial charge < -0.3 is 10.5 Å². The van der Waals surface area contributed by atoms with E-state index in [0.717, 1.165) is 0 Å². The first kappa shape index (κ1) is 14.1. The van der Waals surface area contributed by atoms with Crippen molar-refractivity contribution in [3.63, 3.8) is 0 Å². The number of anilines is 1. The van der Waals surface area contributed by atoms with Crippen LogP contribution in [0.1, 0.15) is 0 Å². The zero-order valence-corrected chi connectivity index (χ0v) is 9.64. The van der Waals surface area contributed by atoms with E-state index in [1.54, 1.807) is 0 Å². The fourth-order valence-electron chi connectivity index (χ4n) is 0.985. The van der Waals surface area contributed by atoms with Crippen LogP contribution in [0.25, 0.3) is 0 Å². The van der Waals surface area contributed by atoms with Gasteiger partial charge in [-0.3, -0.25) is 4.72 Å². The summed E-state index contributed by atoms with van der Waals surface area (Å²) in [5, 5.41) is 0. The fourth-order valence-corrected chi connectivity index (χ4v) is 1.67. The summed E-state index contributed by atoms with van der Waals surface area (Å²) in [5.74, 6) is -6.23. The van der Waals surface area contributed by atoms with Crippen molar-refractivity contribution in [3.05, 3.63) is 23.3 Å². The molecule has 17 heavy (non-hydrogen) atoms. The van der Waals surface area contributed by atoms with Crippen LogP contribution < -0.4 is 10.5 Å². The highest BCUT2D eigenvalue weighted by molar-refractivity contribution is 7.97. The van der Waals surface area contributed by atoms with E-state index in [4.69, 9.17) is 5.73 Å². The Morgan fingerprint density at radius 2 is 1.65 bits per heavy atom. The second-order valence-corrected chi connectivity index (χ2v) is 3.89. The summed E-state index contributed by atoms with van der Waals surface area (Å²) < 4.78 is 59.8. The Hall–Kier alpha value is -0.990. The van der Waals surface area contributed by atoms with Gasteiger partial charge in [-0.25, -0.2) is 17.6 Å². The van der Waals surface area contributed by atoms with Gasteiger partial charge in [0, 0.05) is 13.7 Å². The van der Waals surface area contributed by atoms with Gasteiger partial charge >= 0.3 is 0 Å². The lowest BCUT2D eigenvalue weighted by molar-refractivity contribution is 0.205. The molecule has 1 aromatic rings. The van der Waals surface area contributed by atoms with Crippen molar-refractivity contribution in [2.24, 2.45) is 0 Å². The van der Waals surface area contributed by atoms with Gasteiger partial charge in [0.05, 0.1) is 6.61 Å². The first-order valence-electron chi connectivity index (χ1n) is 4.50. The molecular weight excluding hydrogens is 260 g/mol. The summed E-state index contributed by atoms with van der Waals surface area (Å²) in [6.07, 6.45) is 0. The van der Waals surface area contributed by atoms with Crippen LogP contribution in [0.3, 0.4) is 0 Å². The average Bonchev–Trinajstić information content (AvgIpc) is 2.33. The molecule has 96 valence electrons. The zero-order chi connectivity index (χ0) is 13.0. The first-order chi connectivity index (χ1) is 8.00. The van der Waals surface area contributed by atoms with E-state index in [1.807, 2.05) is 0 Å². The maximum Gasteiger partial charge on any atom is 0.186 e. The van der Waals surface area contributed by atoms with Crippen molar-refractivity contribution in [1.82, 2.24) is 4.72 Å². The Bertz CT molecular complexity index is 387. The van der Waals surface area contributed by atoms with Crippen LogP contribution >= 0.6 is 11.9 Å². The number of nitrogen functional groups attached to an aromatic ring is 1. The van der Waals surface area contributed by atoms with E-state index >= 15 is 0 Å². The zero-order valence-electron chi connectivity index (χ0n) is 8.82. The average molecular weight is 270 g/mol. The largest absolute Gasteiger partial charge is 0.394 e. The van der Waals surface area contributed by atoms with E-state index in [0.29, 0.717) is 11.9 Å². The summed E-state index contributed by atoms with van der Waals surface area (Å²) in [5.41, 5.74) is 3.68. The van der Waals surface area contributed by atoms with Crippen molar-refractivity contribution >= 4 is 17.6 Å². The third-order valence-corrected chi connectivity index (χ3v) is 2.75. The number of nitrogens with two attached hydrogens (primary N) is 1. The van der Waals surface area contributed by atoms with Crippen molar-refractivity contribution in [2.75, 3.05) is 26.0 Å². The van der Waals surface area contributed by atoms with Crippen LogP contribution in [0.5, 0.6) is 0 Å². The Kier molecular flexibility index (Phi) is 5.03. The van der Waals surface area contributed by atoms with Crippen molar-refractivity contribution < 1.29 is 22.3 Å². The smallest absolute Gasteiger partial charge is 0.186 e. The van der Waals surface area contributed by atoms with Crippen molar-refractivity contribution in [2.45, 2.75) is 4.90 Å². The third-order valence-electron chi connectivity index (χ3n) is 1.84. The van der Waals surface area contributed by atoms with E-state index in [2.05, 4.69) is 9.46 Å². The SMILES string of the molecule is COCCNSc1c(F)c(F)c(N)c(F)c1F. The minimum Gasteiger partial charge on any atom is -0.394 e. The molecule has 0 fully saturated rings. The summed E-state index contributed by atoms with van der Waals surface area (Å²) in [6.45, 7) is 0.545. The predicted octanol–water partition coefficient (Wildman–Crippen LogP) is 2.07. The molecule has 0 unspecified atom stereocenters. The second-order valence-electron chi connectivity index (χ2n) is 2.99. The molecule has 0 spiro atoms. The lowest BCUT2D eigenvalue weighted by Crippen LogP contribution is -2.13. The monoisotopic (exact) mass is 270 g/mol. The van der Waals surface area contributed by atoms with Crippen molar-refractivity contribution in [3.8, 4) is 0 Å². The molecule has 0 aliphatic carbocycles.